The van der Waals surface area contributed by atoms with Crippen molar-refractivity contribution in [3.05, 3.63) is 56.0 Å². The van der Waals surface area contributed by atoms with Crippen molar-refractivity contribution in [1.29, 1.82) is 0 Å². The maximum atomic E-state index is 11.6. The molecule has 0 radical (unpaired) electrons. The van der Waals surface area contributed by atoms with Crippen molar-refractivity contribution in [1.82, 2.24) is 20.6 Å². The normalized spacial score (nSPS) is 10.6. The smallest absolute Gasteiger partial charge is 0.356 e. The van der Waals surface area contributed by atoms with E-state index in [1.54, 1.807) is 12.1 Å². The van der Waals surface area contributed by atoms with Crippen LogP contribution in [0.25, 0.3) is 0 Å². The molecule has 2 aromatic heterocycles. The third-order valence-corrected chi connectivity index (χ3v) is 4.48. The predicted octanol–water partition coefficient (Wildman–Crippen LogP) is 2.45. The van der Waals surface area contributed by atoms with Gasteiger partial charge in [0, 0.05) is 35.1 Å². The Hall–Kier alpha value is -1.88. The number of carbonyl (C=O) groups is 2. The molecule has 2 heterocycles. The van der Waals surface area contributed by atoms with Crippen LogP contribution in [0.15, 0.2) is 33.2 Å². The van der Waals surface area contributed by atoms with E-state index < -0.39 is 11.9 Å². The van der Waals surface area contributed by atoms with E-state index in [1.807, 2.05) is 12.1 Å². The van der Waals surface area contributed by atoms with Gasteiger partial charge in [-0.15, -0.1) is 0 Å². The summed E-state index contributed by atoms with van der Waals surface area (Å²) in [5, 5.41) is 6.50. The van der Waals surface area contributed by atoms with Crippen LogP contribution in [-0.2, 0) is 22.6 Å². The highest BCUT2D eigenvalue weighted by atomic mass is 79.9. The third kappa shape index (κ3) is 6.93. The summed E-state index contributed by atoms with van der Waals surface area (Å²) in [5.74, 6) is -0.950. The number of ether oxygens (including phenoxy) is 2. The van der Waals surface area contributed by atoms with Gasteiger partial charge in [0.25, 0.3) is 0 Å². The van der Waals surface area contributed by atoms with Gasteiger partial charge in [0.15, 0.2) is 0 Å². The molecule has 0 spiro atoms. The molecule has 0 saturated heterocycles. The number of rotatable bonds is 9. The van der Waals surface area contributed by atoms with Crippen molar-refractivity contribution in [2.45, 2.75) is 13.1 Å². The fourth-order valence-corrected chi connectivity index (χ4v) is 3.27. The van der Waals surface area contributed by atoms with Crippen LogP contribution in [0.2, 0.25) is 0 Å². The van der Waals surface area contributed by atoms with Gasteiger partial charge < -0.3 is 20.1 Å². The minimum absolute atomic E-state index is 0.258. The van der Waals surface area contributed by atoms with Crippen molar-refractivity contribution in [3.8, 4) is 0 Å². The van der Waals surface area contributed by atoms with Gasteiger partial charge in [0.1, 0.15) is 11.4 Å². The Labute approximate surface area is 179 Å². The first-order chi connectivity index (χ1) is 13.4. The molecule has 8 nitrogen and oxygen atoms in total. The summed E-state index contributed by atoms with van der Waals surface area (Å²) < 4.78 is 10.9. The molecule has 0 bridgehead atoms. The van der Waals surface area contributed by atoms with Crippen molar-refractivity contribution < 1.29 is 19.1 Å². The van der Waals surface area contributed by atoms with Gasteiger partial charge in [-0.2, -0.15) is 0 Å². The average Bonchev–Trinajstić information content (AvgIpc) is 2.68. The van der Waals surface area contributed by atoms with Crippen molar-refractivity contribution in [2.24, 2.45) is 0 Å². The second-order valence-corrected chi connectivity index (χ2v) is 7.49. The number of pyridine rings is 2. The molecule has 0 aliphatic heterocycles. The molecule has 2 aromatic rings. The van der Waals surface area contributed by atoms with E-state index in [1.165, 1.54) is 14.2 Å². The molecule has 0 atom stereocenters. The highest BCUT2D eigenvalue weighted by Crippen LogP contribution is 2.14. The first-order valence-corrected chi connectivity index (χ1v) is 9.92. The molecule has 2 N–H and O–H groups in total. The van der Waals surface area contributed by atoms with Gasteiger partial charge in [-0.25, -0.2) is 19.6 Å². The van der Waals surface area contributed by atoms with Crippen LogP contribution in [0, 0.1) is 0 Å². The van der Waals surface area contributed by atoms with E-state index in [0.29, 0.717) is 26.2 Å². The van der Waals surface area contributed by atoms with Crippen LogP contribution in [0.5, 0.6) is 0 Å². The van der Waals surface area contributed by atoms with Crippen molar-refractivity contribution in [2.75, 3.05) is 27.3 Å². The number of esters is 2. The molecule has 0 unspecified atom stereocenters. The molecule has 28 heavy (non-hydrogen) atoms. The lowest BCUT2D eigenvalue weighted by Gasteiger charge is -2.09. The summed E-state index contributed by atoms with van der Waals surface area (Å²) in [6, 6.07) is 6.91. The molecule has 0 aromatic carbocycles. The van der Waals surface area contributed by atoms with Gasteiger partial charge in [0.05, 0.1) is 25.6 Å². The molecule has 150 valence electrons. The maximum Gasteiger partial charge on any atom is 0.356 e. The predicted molar refractivity (Wildman–Crippen MR) is 110 cm³/mol. The number of hydrogen-bond acceptors (Lipinski definition) is 8. The average molecular weight is 516 g/mol. The molecular formula is C18H20Br2N4O4. The molecule has 0 aliphatic rings. The van der Waals surface area contributed by atoms with Crippen LogP contribution < -0.4 is 10.6 Å². The largest absolute Gasteiger partial charge is 0.464 e. The fourth-order valence-electron chi connectivity index (χ4n) is 2.31. The molecule has 0 saturated carbocycles. The van der Waals surface area contributed by atoms with Crippen molar-refractivity contribution >= 4 is 43.8 Å². The zero-order valence-electron chi connectivity index (χ0n) is 15.4. The quantitative estimate of drug-likeness (QED) is 0.388. The zero-order valence-corrected chi connectivity index (χ0v) is 18.6. The lowest BCUT2D eigenvalue weighted by Crippen LogP contribution is -2.27. The Morgan fingerprint density at radius 3 is 1.57 bits per heavy atom. The highest BCUT2D eigenvalue weighted by Gasteiger charge is 2.11. The number of aromatic nitrogens is 2. The van der Waals surface area contributed by atoms with Gasteiger partial charge in [0.2, 0.25) is 0 Å². The second kappa shape index (κ2) is 11.2. The number of methoxy groups -OCH3 is 2. The molecule has 0 amide bonds. The molecule has 2 rings (SSSR count). The Morgan fingerprint density at radius 2 is 1.21 bits per heavy atom. The maximum absolute atomic E-state index is 11.6. The van der Waals surface area contributed by atoms with Crippen LogP contribution in [0.3, 0.4) is 0 Å². The summed E-state index contributed by atoms with van der Waals surface area (Å²) >= 11 is 6.73. The summed E-state index contributed by atoms with van der Waals surface area (Å²) in [5.41, 5.74) is 1.97. The Morgan fingerprint density at radius 1 is 0.821 bits per heavy atom. The van der Waals surface area contributed by atoms with Crippen LogP contribution in [0.1, 0.15) is 32.4 Å². The summed E-state index contributed by atoms with van der Waals surface area (Å²) in [6.07, 6.45) is 0. The van der Waals surface area contributed by atoms with E-state index in [4.69, 9.17) is 9.47 Å². The standard InChI is InChI=1S/C18H20Br2N4O4/c1-27-17(25)15-7-11(19)5-13(23-15)9-21-3-4-22-10-14-6-12(20)8-16(24-14)18(26)28-2/h5-8,21-22H,3-4,9-10H2,1-2H3. The van der Waals surface area contributed by atoms with E-state index in [-0.39, 0.29) is 11.4 Å². The fraction of sp³-hybridized carbons (Fsp3) is 0.333. The Kier molecular flexibility index (Phi) is 8.97. The second-order valence-electron chi connectivity index (χ2n) is 5.66. The van der Waals surface area contributed by atoms with Crippen molar-refractivity contribution in [3.63, 3.8) is 0 Å². The van der Waals surface area contributed by atoms with Crippen LogP contribution >= 0.6 is 31.9 Å². The summed E-state index contributed by atoms with van der Waals surface area (Å²) in [7, 11) is 2.64. The number of nitrogens with zero attached hydrogens (tertiary/aromatic N) is 2. The van der Waals surface area contributed by atoms with Gasteiger partial charge in [-0.3, -0.25) is 0 Å². The monoisotopic (exact) mass is 514 g/mol. The molecular weight excluding hydrogens is 496 g/mol. The lowest BCUT2D eigenvalue weighted by molar-refractivity contribution is 0.0585. The highest BCUT2D eigenvalue weighted by molar-refractivity contribution is 9.10. The van der Waals surface area contributed by atoms with Gasteiger partial charge in [-0.05, 0) is 24.3 Å². The number of hydrogen-bond donors (Lipinski definition) is 2. The zero-order chi connectivity index (χ0) is 20.5. The molecule has 10 heteroatoms. The first-order valence-electron chi connectivity index (χ1n) is 8.34. The minimum Gasteiger partial charge on any atom is -0.464 e. The van der Waals surface area contributed by atoms with Crippen LogP contribution in [0.4, 0.5) is 0 Å². The summed E-state index contributed by atoms with van der Waals surface area (Å²) in [6.45, 7) is 2.37. The van der Waals surface area contributed by atoms with E-state index >= 15 is 0 Å². The lowest BCUT2D eigenvalue weighted by atomic mass is 10.3. The molecule has 0 aliphatic carbocycles. The van der Waals surface area contributed by atoms with Gasteiger partial charge in [-0.1, -0.05) is 31.9 Å². The Balaban J connectivity index is 1.78. The number of carbonyl (C=O) groups excluding carboxylic acids is 2. The van der Waals surface area contributed by atoms with E-state index in [9.17, 15) is 9.59 Å². The first kappa shape index (κ1) is 22.4. The van der Waals surface area contributed by atoms with E-state index in [0.717, 1.165) is 20.3 Å². The van der Waals surface area contributed by atoms with E-state index in [2.05, 4.69) is 52.5 Å². The summed E-state index contributed by atoms with van der Waals surface area (Å²) in [4.78, 5) is 31.7. The third-order valence-electron chi connectivity index (χ3n) is 3.57. The van der Waals surface area contributed by atoms with Crippen LogP contribution in [-0.4, -0.2) is 49.2 Å². The SMILES string of the molecule is COC(=O)c1cc(Br)cc(CNCCNCc2cc(Br)cc(C(=O)OC)n2)n1. The van der Waals surface area contributed by atoms with Gasteiger partial charge >= 0.3 is 11.9 Å². The number of halogens is 2. The minimum atomic E-state index is -0.475. The Bertz CT molecular complexity index is 779. The topological polar surface area (TPSA) is 102 Å². The molecule has 0 fully saturated rings. The number of nitrogens with one attached hydrogen (secondary N) is 2.